The Kier molecular flexibility index (Phi) is 6.70. The highest BCUT2D eigenvalue weighted by Gasteiger charge is 2.36. The first-order chi connectivity index (χ1) is 14.2. The molecule has 1 atom stereocenters. The van der Waals surface area contributed by atoms with Crippen molar-refractivity contribution in [2.45, 2.75) is 18.5 Å². The summed E-state index contributed by atoms with van der Waals surface area (Å²) in [6.07, 6.45) is -4.46. The van der Waals surface area contributed by atoms with Crippen molar-refractivity contribution in [2.24, 2.45) is 0 Å². The third-order valence-electron chi connectivity index (χ3n) is 4.84. The predicted octanol–water partition coefficient (Wildman–Crippen LogP) is 4.58. The number of carbonyl (C=O) groups excluding carboxylic acids is 2. The number of nitrogens with zero attached hydrogens (tertiary/aromatic N) is 2. The lowest BCUT2D eigenvalue weighted by Gasteiger charge is -2.28. The number of thioether (sulfide) groups is 1. The van der Waals surface area contributed by atoms with E-state index in [4.69, 9.17) is 0 Å². The zero-order chi connectivity index (χ0) is 21.9. The van der Waals surface area contributed by atoms with Crippen LogP contribution in [0.5, 0.6) is 0 Å². The van der Waals surface area contributed by atoms with E-state index in [-0.39, 0.29) is 30.7 Å². The lowest BCUT2D eigenvalue weighted by Crippen LogP contribution is -2.40. The molecule has 3 rings (SSSR count). The van der Waals surface area contributed by atoms with Gasteiger partial charge in [-0.05, 0) is 48.9 Å². The average molecular weight is 440 g/mol. The van der Waals surface area contributed by atoms with Crippen LogP contribution in [0.4, 0.5) is 17.6 Å². The van der Waals surface area contributed by atoms with E-state index < -0.39 is 22.9 Å². The Morgan fingerprint density at radius 3 is 2.53 bits per heavy atom. The molecule has 0 spiro atoms. The van der Waals surface area contributed by atoms with Crippen molar-refractivity contribution in [1.29, 1.82) is 0 Å². The number of benzene rings is 2. The highest BCUT2D eigenvalue weighted by molar-refractivity contribution is 8.00. The number of alkyl halides is 3. The Morgan fingerprint density at radius 2 is 1.90 bits per heavy atom. The smallest absolute Gasteiger partial charge is 0.337 e. The first-order valence-electron chi connectivity index (χ1n) is 9.33. The minimum absolute atomic E-state index is 0.166. The summed E-state index contributed by atoms with van der Waals surface area (Å²) in [5.41, 5.74) is -0.0371. The van der Waals surface area contributed by atoms with Crippen molar-refractivity contribution in [2.75, 3.05) is 25.4 Å². The summed E-state index contributed by atoms with van der Waals surface area (Å²) in [5.74, 6) is -0.766. The Labute approximate surface area is 175 Å². The van der Waals surface area contributed by atoms with Gasteiger partial charge in [-0.15, -0.1) is 11.8 Å². The normalized spacial score (nSPS) is 16.8. The largest absolute Gasteiger partial charge is 0.416 e. The van der Waals surface area contributed by atoms with Crippen molar-refractivity contribution in [3.8, 4) is 0 Å². The summed E-state index contributed by atoms with van der Waals surface area (Å²) >= 11 is 1.26. The van der Waals surface area contributed by atoms with Crippen LogP contribution in [0.3, 0.4) is 0 Å². The monoisotopic (exact) mass is 440 g/mol. The minimum atomic E-state index is -4.46. The number of likely N-dealkylation sites (N-methyl/N-ethyl adjacent to an activating group) is 1. The molecule has 0 aromatic heterocycles. The van der Waals surface area contributed by atoms with E-state index in [1.165, 1.54) is 51.9 Å². The Morgan fingerprint density at radius 1 is 1.20 bits per heavy atom. The molecule has 1 fully saturated rings. The molecule has 0 N–H and O–H groups in total. The third kappa shape index (κ3) is 4.95. The van der Waals surface area contributed by atoms with Crippen molar-refractivity contribution in [3.05, 3.63) is 71.0 Å². The second-order valence-corrected chi connectivity index (χ2v) is 7.83. The average Bonchev–Trinajstić information content (AvgIpc) is 3.09. The van der Waals surface area contributed by atoms with Gasteiger partial charge < -0.3 is 9.80 Å². The maximum Gasteiger partial charge on any atom is 0.416 e. The van der Waals surface area contributed by atoms with Gasteiger partial charge in [0.05, 0.1) is 11.3 Å². The van der Waals surface area contributed by atoms with Crippen LogP contribution in [-0.2, 0) is 11.0 Å². The molecule has 9 heteroatoms. The molecular formula is C21H20F4N2O2S. The molecule has 30 heavy (non-hydrogen) atoms. The molecule has 0 radical (unpaired) electrons. The molecule has 1 aliphatic rings. The van der Waals surface area contributed by atoms with Gasteiger partial charge in [-0.25, -0.2) is 4.39 Å². The molecule has 4 nitrogen and oxygen atoms in total. The van der Waals surface area contributed by atoms with Gasteiger partial charge in [0.1, 0.15) is 11.2 Å². The van der Waals surface area contributed by atoms with E-state index in [0.29, 0.717) is 17.7 Å². The summed E-state index contributed by atoms with van der Waals surface area (Å²) in [6, 6.07) is 10.1. The second kappa shape index (κ2) is 9.07. The lowest BCUT2D eigenvalue weighted by atomic mass is 10.1. The molecule has 2 aromatic rings. The van der Waals surface area contributed by atoms with E-state index in [0.717, 1.165) is 12.1 Å². The molecule has 160 valence electrons. The maximum atomic E-state index is 13.1. The zero-order valence-electron chi connectivity index (χ0n) is 16.2. The van der Waals surface area contributed by atoms with Crippen molar-refractivity contribution in [1.82, 2.24) is 9.80 Å². The summed E-state index contributed by atoms with van der Waals surface area (Å²) < 4.78 is 52.2. The van der Waals surface area contributed by atoms with Crippen LogP contribution in [0.25, 0.3) is 0 Å². The first-order valence-corrected chi connectivity index (χ1v) is 10.4. The van der Waals surface area contributed by atoms with Crippen molar-refractivity contribution < 1.29 is 27.2 Å². The Bertz CT molecular complexity index is 918. The van der Waals surface area contributed by atoms with Crippen molar-refractivity contribution >= 4 is 23.6 Å². The summed E-state index contributed by atoms with van der Waals surface area (Å²) in [5, 5.41) is -0.542. The second-order valence-electron chi connectivity index (χ2n) is 6.77. The van der Waals surface area contributed by atoms with E-state index in [1.807, 2.05) is 0 Å². The van der Waals surface area contributed by atoms with Gasteiger partial charge in [0.2, 0.25) is 5.91 Å². The number of hydrogen-bond acceptors (Lipinski definition) is 3. The third-order valence-corrected chi connectivity index (χ3v) is 6.09. The number of hydrogen-bond donors (Lipinski definition) is 0. The number of halogens is 4. The number of carbonyl (C=O) groups is 2. The fourth-order valence-corrected chi connectivity index (χ4v) is 4.46. The van der Waals surface area contributed by atoms with Crippen LogP contribution in [0.1, 0.15) is 33.8 Å². The summed E-state index contributed by atoms with van der Waals surface area (Å²) in [7, 11) is 0. The molecular weight excluding hydrogens is 420 g/mol. The maximum absolute atomic E-state index is 13.1. The van der Waals surface area contributed by atoms with E-state index >= 15 is 0 Å². The van der Waals surface area contributed by atoms with Crippen LogP contribution in [0, 0.1) is 5.82 Å². The molecule has 1 saturated heterocycles. The topological polar surface area (TPSA) is 40.6 Å². The van der Waals surface area contributed by atoms with Gasteiger partial charge in [0.15, 0.2) is 0 Å². The molecule has 2 aromatic carbocycles. The molecule has 2 amide bonds. The molecule has 0 aliphatic carbocycles. The molecule has 0 saturated carbocycles. The first kappa shape index (κ1) is 22.1. The van der Waals surface area contributed by atoms with E-state index in [2.05, 4.69) is 0 Å². The molecule has 1 unspecified atom stereocenters. The number of amides is 2. The van der Waals surface area contributed by atoms with Crippen LogP contribution in [0.15, 0.2) is 48.5 Å². The quantitative estimate of drug-likeness (QED) is 0.618. The predicted molar refractivity (Wildman–Crippen MR) is 106 cm³/mol. The minimum Gasteiger partial charge on any atom is -0.337 e. The zero-order valence-corrected chi connectivity index (χ0v) is 17.0. The standard InChI is InChI=1S/C21H20F4N2O2S/c1-2-26(19(29)14-6-8-17(22)9-7-14)10-11-27-18(28)13-30-20(27)15-4-3-5-16(12-15)21(23,24)25/h3-9,12,20H,2,10-11,13H2,1H3. The highest BCUT2D eigenvalue weighted by Crippen LogP contribution is 2.40. The van der Waals surface area contributed by atoms with Crippen LogP contribution in [-0.4, -0.2) is 47.0 Å². The van der Waals surface area contributed by atoms with Gasteiger partial charge in [0.25, 0.3) is 5.91 Å². The highest BCUT2D eigenvalue weighted by atomic mass is 32.2. The SMILES string of the molecule is CCN(CCN1C(=O)CSC1c1cccc(C(F)(F)F)c1)C(=O)c1ccc(F)cc1. The van der Waals surface area contributed by atoms with E-state index in [1.54, 1.807) is 13.0 Å². The lowest BCUT2D eigenvalue weighted by molar-refractivity contribution is -0.137. The molecule has 1 aliphatic heterocycles. The molecule has 1 heterocycles. The fourth-order valence-electron chi connectivity index (χ4n) is 3.25. The van der Waals surface area contributed by atoms with Gasteiger partial charge in [-0.1, -0.05) is 12.1 Å². The number of rotatable bonds is 6. The Balaban J connectivity index is 1.73. The van der Waals surface area contributed by atoms with Gasteiger partial charge >= 0.3 is 6.18 Å². The summed E-state index contributed by atoms with van der Waals surface area (Å²) in [6.45, 7) is 2.56. The fraction of sp³-hybridized carbons (Fsp3) is 0.333. The van der Waals surface area contributed by atoms with Crippen LogP contribution < -0.4 is 0 Å². The van der Waals surface area contributed by atoms with Crippen LogP contribution >= 0.6 is 11.8 Å². The molecule has 0 bridgehead atoms. The van der Waals surface area contributed by atoms with Crippen molar-refractivity contribution in [3.63, 3.8) is 0 Å². The van der Waals surface area contributed by atoms with Gasteiger partial charge in [0, 0.05) is 25.2 Å². The van der Waals surface area contributed by atoms with Gasteiger partial charge in [-0.2, -0.15) is 13.2 Å². The van der Waals surface area contributed by atoms with E-state index in [9.17, 15) is 27.2 Å². The summed E-state index contributed by atoms with van der Waals surface area (Å²) in [4.78, 5) is 28.0. The Hall–Kier alpha value is -2.55. The van der Waals surface area contributed by atoms with Crippen LogP contribution in [0.2, 0.25) is 0 Å². The van der Waals surface area contributed by atoms with Gasteiger partial charge in [-0.3, -0.25) is 9.59 Å².